The molecular formula is C16H17N5O4S. The van der Waals surface area contributed by atoms with Crippen LogP contribution in [0.1, 0.15) is 17.9 Å². The number of sulfonamides is 1. The minimum atomic E-state index is -3.80. The Morgan fingerprint density at radius 3 is 2.88 bits per heavy atom. The summed E-state index contributed by atoms with van der Waals surface area (Å²) in [4.78, 5) is 32.2. The van der Waals surface area contributed by atoms with Gasteiger partial charge in [0.25, 0.3) is 5.56 Å². The summed E-state index contributed by atoms with van der Waals surface area (Å²) in [5.74, 6) is 0.958. The average Bonchev–Trinajstić information content (AvgIpc) is 2.93. The summed E-state index contributed by atoms with van der Waals surface area (Å²) in [6.45, 7) is 2.42. The fourth-order valence-corrected chi connectivity index (χ4v) is 4.57. The molecule has 0 bridgehead atoms. The van der Waals surface area contributed by atoms with Crippen molar-refractivity contribution in [1.82, 2.24) is 24.2 Å². The molecule has 0 fully saturated rings. The van der Waals surface area contributed by atoms with E-state index >= 15 is 0 Å². The second kappa shape index (κ2) is 5.92. The monoisotopic (exact) mass is 375 g/mol. The predicted molar refractivity (Wildman–Crippen MR) is 94.6 cm³/mol. The van der Waals surface area contributed by atoms with E-state index in [1.165, 1.54) is 18.2 Å². The predicted octanol–water partition coefficient (Wildman–Crippen LogP) is 0.0146. The van der Waals surface area contributed by atoms with Crippen molar-refractivity contribution in [2.75, 3.05) is 0 Å². The van der Waals surface area contributed by atoms with Gasteiger partial charge in [0.1, 0.15) is 5.82 Å². The Kier molecular flexibility index (Phi) is 3.81. The standard InChI is InChI=1S/C16H17N5O4S/c1-9-7-21-8-10(2-5-14(21)17-9)20-26(24,25)11-3-4-13-12(6-11)15(22)19-16(23)18-13/h3-4,6-7,10,20H,2,5,8H2,1H3,(H2,18,19,22,23)/t10-/m1/s1. The molecule has 4 rings (SSSR count). The number of hydrogen-bond donors (Lipinski definition) is 3. The first kappa shape index (κ1) is 16.7. The Bertz CT molecular complexity index is 1220. The van der Waals surface area contributed by atoms with Crippen LogP contribution in [0.5, 0.6) is 0 Å². The van der Waals surface area contributed by atoms with E-state index in [0.29, 0.717) is 19.4 Å². The van der Waals surface area contributed by atoms with Crippen LogP contribution in [0.25, 0.3) is 10.9 Å². The molecule has 0 spiro atoms. The van der Waals surface area contributed by atoms with E-state index in [9.17, 15) is 18.0 Å². The zero-order valence-electron chi connectivity index (χ0n) is 13.9. The van der Waals surface area contributed by atoms with Crippen molar-refractivity contribution >= 4 is 20.9 Å². The quantitative estimate of drug-likeness (QED) is 0.594. The molecule has 0 unspecified atom stereocenters. The molecule has 136 valence electrons. The summed E-state index contributed by atoms with van der Waals surface area (Å²) >= 11 is 0. The summed E-state index contributed by atoms with van der Waals surface area (Å²) in [6, 6.07) is 3.79. The molecule has 26 heavy (non-hydrogen) atoms. The lowest BCUT2D eigenvalue weighted by Gasteiger charge is -2.24. The Morgan fingerprint density at radius 2 is 2.08 bits per heavy atom. The first-order valence-electron chi connectivity index (χ1n) is 8.13. The normalized spacial score (nSPS) is 17.3. The van der Waals surface area contributed by atoms with Gasteiger partial charge in [-0.3, -0.25) is 9.78 Å². The topological polar surface area (TPSA) is 130 Å². The van der Waals surface area contributed by atoms with E-state index in [1.807, 2.05) is 17.7 Å². The van der Waals surface area contributed by atoms with Gasteiger partial charge < -0.3 is 9.55 Å². The van der Waals surface area contributed by atoms with Crippen molar-refractivity contribution in [2.45, 2.75) is 37.2 Å². The highest BCUT2D eigenvalue weighted by Gasteiger charge is 2.25. The Hall–Kier alpha value is -2.72. The third-order valence-corrected chi connectivity index (χ3v) is 5.97. The fraction of sp³-hybridized carbons (Fsp3) is 0.312. The van der Waals surface area contributed by atoms with Gasteiger partial charge >= 0.3 is 5.69 Å². The van der Waals surface area contributed by atoms with Crippen molar-refractivity contribution < 1.29 is 8.42 Å². The summed E-state index contributed by atoms with van der Waals surface area (Å²) < 4.78 is 30.1. The zero-order valence-corrected chi connectivity index (χ0v) is 14.8. The average molecular weight is 375 g/mol. The van der Waals surface area contributed by atoms with Gasteiger partial charge in [0.15, 0.2) is 0 Å². The number of nitrogens with zero attached hydrogens (tertiary/aromatic N) is 2. The summed E-state index contributed by atoms with van der Waals surface area (Å²) in [5.41, 5.74) is -0.0676. The van der Waals surface area contributed by atoms with Crippen LogP contribution in [0.15, 0.2) is 38.9 Å². The first-order chi connectivity index (χ1) is 12.3. The van der Waals surface area contributed by atoms with Crippen LogP contribution < -0.4 is 16.0 Å². The van der Waals surface area contributed by atoms with Crippen LogP contribution >= 0.6 is 0 Å². The third kappa shape index (κ3) is 2.97. The van der Waals surface area contributed by atoms with E-state index in [-0.39, 0.29) is 21.8 Å². The van der Waals surface area contributed by atoms with Gasteiger partial charge in [0, 0.05) is 25.2 Å². The lowest BCUT2D eigenvalue weighted by molar-refractivity contribution is 0.421. The van der Waals surface area contributed by atoms with Crippen molar-refractivity contribution in [2.24, 2.45) is 0 Å². The molecule has 9 nitrogen and oxygen atoms in total. The highest BCUT2D eigenvalue weighted by atomic mass is 32.2. The molecule has 10 heteroatoms. The Morgan fingerprint density at radius 1 is 1.27 bits per heavy atom. The van der Waals surface area contributed by atoms with Gasteiger partial charge in [-0.2, -0.15) is 0 Å². The van der Waals surface area contributed by atoms with Gasteiger partial charge in [-0.15, -0.1) is 0 Å². The second-order valence-electron chi connectivity index (χ2n) is 6.42. The van der Waals surface area contributed by atoms with E-state index in [1.54, 1.807) is 0 Å². The third-order valence-electron chi connectivity index (χ3n) is 4.46. The van der Waals surface area contributed by atoms with Gasteiger partial charge in [0.2, 0.25) is 10.0 Å². The molecule has 1 aliphatic rings. The lowest BCUT2D eigenvalue weighted by atomic mass is 10.1. The number of H-pyrrole nitrogens is 2. The van der Waals surface area contributed by atoms with Crippen molar-refractivity contribution in [3.05, 3.63) is 56.8 Å². The second-order valence-corrected chi connectivity index (χ2v) is 8.14. The smallest absolute Gasteiger partial charge is 0.326 e. The molecule has 0 radical (unpaired) electrons. The van der Waals surface area contributed by atoms with Gasteiger partial charge in [-0.05, 0) is 31.5 Å². The number of hydrogen-bond acceptors (Lipinski definition) is 5. The first-order valence-corrected chi connectivity index (χ1v) is 9.61. The van der Waals surface area contributed by atoms with Gasteiger partial charge in [-0.25, -0.2) is 22.9 Å². The molecule has 3 heterocycles. The number of aromatic nitrogens is 4. The van der Waals surface area contributed by atoms with Crippen LogP contribution in [0, 0.1) is 6.92 Å². The summed E-state index contributed by atoms with van der Waals surface area (Å²) in [6.07, 6.45) is 3.25. The molecule has 0 aliphatic carbocycles. The van der Waals surface area contributed by atoms with Crippen LogP contribution in [-0.2, 0) is 23.0 Å². The van der Waals surface area contributed by atoms with Crippen LogP contribution in [0.3, 0.4) is 0 Å². The number of fused-ring (bicyclic) bond motifs is 2. The Balaban J connectivity index is 1.64. The Labute approximate surface area is 148 Å². The van der Waals surface area contributed by atoms with Crippen molar-refractivity contribution in [3.63, 3.8) is 0 Å². The molecule has 1 aromatic carbocycles. The van der Waals surface area contributed by atoms with Crippen molar-refractivity contribution in [3.8, 4) is 0 Å². The highest BCUT2D eigenvalue weighted by molar-refractivity contribution is 7.89. The van der Waals surface area contributed by atoms with E-state index in [2.05, 4.69) is 19.7 Å². The molecule has 0 saturated heterocycles. The number of imidazole rings is 1. The van der Waals surface area contributed by atoms with E-state index in [0.717, 1.165) is 11.5 Å². The number of aromatic amines is 2. The largest absolute Gasteiger partial charge is 0.333 e. The SMILES string of the molecule is Cc1cn2c(n1)CC[C@@H](NS(=O)(=O)c1ccc3[nH]c(=O)[nH]c(=O)c3c1)C2. The number of nitrogens with one attached hydrogen (secondary N) is 3. The number of rotatable bonds is 3. The van der Waals surface area contributed by atoms with Gasteiger partial charge in [-0.1, -0.05) is 0 Å². The van der Waals surface area contributed by atoms with E-state index in [4.69, 9.17) is 0 Å². The highest BCUT2D eigenvalue weighted by Crippen LogP contribution is 2.19. The molecule has 1 atom stereocenters. The summed E-state index contributed by atoms with van der Waals surface area (Å²) in [7, 11) is -3.80. The molecule has 3 aromatic rings. The molecule has 1 aliphatic heterocycles. The molecule has 2 aromatic heterocycles. The van der Waals surface area contributed by atoms with Crippen LogP contribution in [-0.4, -0.2) is 34.0 Å². The minimum absolute atomic E-state index is 0.0184. The lowest BCUT2D eigenvalue weighted by Crippen LogP contribution is -2.40. The number of aryl methyl sites for hydroxylation is 2. The molecular weight excluding hydrogens is 358 g/mol. The molecule has 0 amide bonds. The van der Waals surface area contributed by atoms with Crippen LogP contribution in [0.4, 0.5) is 0 Å². The van der Waals surface area contributed by atoms with Crippen molar-refractivity contribution in [1.29, 1.82) is 0 Å². The molecule has 0 saturated carbocycles. The van der Waals surface area contributed by atoms with Crippen LogP contribution in [0.2, 0.25) is 0 Å². The molecule has 3 N–H and O–H groups in total. The fourth-order valence-electron chi connectivity index (χ4n) is 3.28. The maximum Gasteiger partial charge on any atom is 0.326 e. The number of benzene rings is 1. The van der Waals surface area contributed by atoms with E-state index < -0.39 is 21.3 Å². The minimum Gasteiger partial charge on any atom is -0.333 e. The zero-order chi connectivity index (χ0) is 18.5. The summed E-state index contributed by atoms with van der Waals surface area (Å²) in [5, 5.41) is 0.114. The maximum atomic E-state index is 12.7. The van der Waals surface area contributed by atoms with Gasteiger partial charge in [0.05, 0.1) is 21.5 Å². The maximum absolute atomic E-state index is 12.7.